The van der Waals surface area contributed by atoms with E-state index in [0.717, 1.165) is 12.8 Å². The lowest BCUT2D eigenvalue weighted by molar-refractivity contribution is 0.531. The minimum absolute atomic E-state index is 0.224. The summed E-state index contributed by atoms with van der Waals surface area (Å²) in [6.45, 7) is 2.26. The van der Waals surface area contributed by atoms with E-state index < -0.39 is 5.95 Å². The van der Waals surface area contributed by atoms with Crippen molar-refractivity contribution < 1.29 is 4.39 Å². The highest BCUT2D eigenvalue weighted by Gasteiger charge is 2.24. The Bertz CT molecular complexity index is 582. The Balaban J connectivity index is 1.89. The highest BCUT2D eigenvalue weighted by atomic mass is 19.1. The van der Waals surface area contributed by atoms with Gasteiger partial charge >= 0.3 is 0 Å². The van der Waals surface area contributed by atoms with Crippen LogP contribution in [0.15, 0.2) is 42.5 Å². The molecule has 3 heteroatoms. The number of benzene rings is 1. The molecule has 2 unspecified atom stereocenters. The minimum atomic E-state index is -0.442. The van der Waals surface area contributed by atoms with Gasteiger partial charge in [0.25, 0.3) is 0 Å². The van der Waals surface area contributed by atoms with Crippen LogP contribution in [0.5, 0.6) is 0 Å². The molecule has 1 heterocycles. The lowest BCUT2D eigenvalue weighted by atomic mass is 9.81. The molecule has 98 valence electrons. The second-order valence-electron chi connectivity index (χ2n) is 5.15. The number of hydrogen-bond acceptors (Lipinski definition) is 2. The molecular formula is C16H17FN2. The number of nitrogens with one attached hydrogen (secondary N) is 1. The van der Waals surface area contributed by atoms with Crippen LogP contribution >= 0.6 is 0 Å². The van der Waals surface area contributed by atoms with Crippen molar-refractivity contribution in [1.29, 1.82) is 0 Å². The zero-order valence-electron chi connectivity index (χ0n) is 10.9. The standard InChI is InChI=1S/C16H17FN2/c1-11-9-10-14(13-6-3-2-5-12(11)13)18-16-8-4-7-15(17)19-16/h2-8,11,14H,9-10H2,1H3,(H,18,19). The highest BCUT2D eigenvalue weighted by Crippen LogP contribution is 2.38. The molecule has 3 rings (SSSR count). The van der Waals surface area contributed by atoms with Crippen molar-refractivity contribution >= 4 is 5.82 Å². The summed E-state index contributed by atoms with van der Waals surface area (Å²) in [4.78, 5) is 3.88. The summed E-state index contributed by atoms with van der Waals surface area (Å²) in [5.74, 6) is 0.756. The van der Waals surface area contributed by atoms with E-state index >= 15 is 0 Å². The first-order valence-electron chi connectivity index (χ1n) is 6.72. The van der Waals surface area contributed by atoms with Gasteiger partial charge in [0.2, 0.25) is 5.95 Å². The van der Waals surface area contributed by atoms with Crippen LogP contribution in [0, 0.1) is 5.95 Å². The maximum Gasteiger partial charge on any atom is 0.214 e. The average Bonchev–Trinajstić information content (AvgIpc) is 2.42. The zero-order chi connectivity index (χ0) is 13.2. The topological polar surface area (TPSA) is 24.9 Å². The number of hydrogen-bond donors (Lipinski definition) is 1. The molecule has 0 saturated heterocycles. The van der Waals surface area contributed by atoms with Gasteiger partial charge in [-0.2, -0.15) is 4.39 Å². The summed E-state index contributed by atoms with van der Waals surface area (Å²) in [6.07, 6.45) is 2.19. The van der Waals surface area contributed by atoms with Crippen LogP contribution in [-0.2, 0) is 0 Å². The molecule has 2 nitrogen and oxygen atoms in total. The second-order valence-corrected chi connectivity index (χ2v) is 5.15. The Morgan fingerprint density at radius 1 is 1.05 bits per heavy atom. The zero-order valence-corrected chi connectivity index (χ0v) is 10.9. The van der Waals surface area contributed by atoms with Crippen molar-refractivity contribution in [1.82, 2.24) is 4.98 Å². The summed E-state index contributed by atoms with van der Waals surface area (Å²) >= 11 is 0. The molecule has 0 bridgehead atoms. The Morgan fingerprint density at radius 2 is 1.84 bits per heavy atom. The van der Waals surface area contributed by atoms with E-state index in [4.69, 9.17) is 0 Å². The fraction of sp³-hybridized carbons (Fsp3) is 0.312. The molecular weight excluding hydrogens is 239 g/mol. The number of halogens is 1. The Morgan fingerprint density at radius 3 is 2.63 bits per heavy atom. The number of nitrogens with zero attached hydrogens (tertiary/aromatic N) is 1. The fourth-order valence-corrected chi connectivity index (χ4v) is 2.82. The number of rotatable bonds is 2. The number of aromatic nitrogens is 1. The first-order chi connectivity index (χ1) is 9.24. The molecule has 2 atom stereocenters. The molecule has 0 radical (unpaired) electrons. The van der Waals surface area contributed by atoms with Crippen molar-refractivity contribution in [3.63, 3.8) is 0 Å². The molecule has 0 amide bonds. The van der Waals surface area contributed by atoms with Crippen LogP contribution in [0.1, 0.15) is 42.9 Å². The lowest BCUT2D eigenvalue weighted by Crippen LogP contribution is -2.19. The van der Waals surface area contributed by atoms with Crippen LogP contribution in [0.4, 0.5) is 10.2 Å². The van der Waals surface area contributed by atoms with Gasteiger partial charge in [0.1, 0.15) is 5.82 Å². The maximum atomic E-state index is 13.1. The van der Waals surface area contributed by atoms with Crippen molar-refractivity contribution in [3.05, 3.63) is 59.5 Å². The third-order valence-electron chi connectivity index (χ3n) is 3.83. The average molecular weight is 256 g/mol. The van der Waals surface area contributed by atoms with Gasteiger partial charge in [-0.1, -0.05) is 37.3 Å². The molecule has 1 aliphatic carbocycles. The molecule has 0 fully saturated rings. The van der Waals surface area contributed by atoms with Crippen molar-refractivity contribution in [2.75, 3.05) is 5.32 Å². The van der Waals surface area contributed by atoms with Gasteiger partial charge in [0, 0.05) is 0 Å². The first kappa shape index (κ1) is 12.2. The minimum Gasteiger partial charge on any atom is -0.363 e. The van der Waals surface area contributed by atoms with Crippen LogP contribution in [0.3, 0.4) is 0 Å². The van der Waals surface area contributed by atoms with E-state index in [1.807, 2.05) is 6.07 Å². The summed E-state index contributed by atoms with van der Waals surface area (Å²) in [6, 6.07) is 13.6. The summed E-state index contributed by atoms with van der Waals surface area (Å²) in [5.41, 5.74) is 2.70. The molecule has 0 saturated carbocycles. The maximum absolute atomic E-state index is 13.1. The van der Waals surface area contributed by atoms with Gasteiger partial charge in [-0.05, 0) is 42.0 Å². The van der Waals surface area contributed by atoms with Crippen LogP contribution in [0.2, 0.25) is 0 Å². The van der Waals surface area contributed by atoms with E-state index in [0.29, 0.717) is 11.7 Å². The quantitative estimate of drug-likeness (QED) is 0.811. The molecule has 1 N–H and O–H groups in total. The largest absolute Gasteiger partial charge is 0.363 e. The SMILES string of the molecule is CC1CCC(Nc2cccc(F)n2)c2ccccc21. The molecule has 2 aromatic rings. The molecule has 19 heavy (non-hydrogen) atoms. The van der Waals surface area contributed by atoms with E-state index in [-0.39, 0.29) is 6.04 Å². The van der Waals surface area contributed by atoms with E-state index in [1.54, 1.807) is 6.07 Å². The molecule has 1 aromatic heterocycles. The van der Waals surface area contributed by atoms with Gasteiger partial charge in [-0.15, -0.1) is 0 Å². The molecule has 1 aromatic carbocycles. The van der Waals surface area contributed by atoms with Gasteiger partial charge in [-0.3, -0.25) is 0 Å². The van der Waals surface area contributed by atoms with Gasteiger partial charge in [0.15, 0.2) is 0 Å². The Labute approximate surface area is 112 Å². The number of anilines is 1. The molecule has 0 spiro atoms. The van der Waals surface area contributed by atoms with Crippen molar-refractivity contribution in [2.24, 2.45) is 0 Å². The third-order valence-corrected chi connectivity index (χ3v) is 3.83. The third kappa shape index (κ3) is 2.46. The van der Waals surface area contributed by atoms with Crippen molar-refractivity contribution in [3.8, 4) is 0 Å². The van der Waals surface area contributed by atoms with E-state index in [9.17, 15) is 4.39 Å². The van der Waals surface area contributed by atoms with Crippen LogP contribution < -0.4 is 5.32 Å². The number of fused-ring (bicyclic) bond motifs is 1. The van der Waals surface area contributed by atoms with Gasteiger partial charge < -0.3 is 5.32 Å². The normalized spacial score (nSPS) is 21.8. The number of pyridine rings is 1. The van der Waals surface area contributed by atoms with E-state index in [2.05, 4.69) is 41.5 Å². The monoisotopic (exact) mass is 256 g/mol. The van der Waals surface area contributed by atoms with Gasteiger partial charge in [0.05, 0.1) is 6.04 Å². The fourth-order valence-electron chi connectivity index (χ4n) is 2.82. The summed E-state index contributed by atoms with van der Waals surface area (Å²) < 4.78 is 13.1. The lowest BCUT2D eigenvalue weighted by Gasteiger charge is -2.30. The Kier molecular flexibility index (Phi) is 3.20. The predicted octanol–water partition coefficient (Wildman–Crippen LogP) is 4.27. The van der Waals surface area contributed by atoms with Crippen LogP contribution in [-0.4, -0.2) is 4.98 Å². The predicted molar refractivity (Wildman–Crippen MR) is 74.6 cm³/mol. The van der Waals surface area contributed by atoms with Crippen LogP contribution in [0.25, 0.3) is 0 Å². The van der Waals surface area contributed by atoms with E-state index in [1.165, 1.54) is 17.2 Å². The molecule has 0 aliphatic heterocycles. The smallest absolute Gasteiger partial charge is 0.214 e. The highest BCUT2D eigenvalue weighted by molar-refractivity contribution is 5.43. The summed E-state index contributed by atoms with van der Waals surface area (Å²) in [5, 5.41) is 3.35. The van der Waals surface area contributed by atoms with Crippen molar-refractivity contribution in [2.45, 2.75) is 31.7 Å². The summed E-state index contributed by atoms with van der Waals surface area (Å²) in [7, 11) is 0. The second kappa shape index (κ2) is 5.00. The molecule has 1 aliphatic rings. The van der Waals surface area contributed by atoms with Gasteiger partial charge in [-0.25, -0.2) is 4.98 Å². The Hall–Kier alpha value is -1.90. The first-order valence-corrected chi connectivity index (χ1v) is 6.72.